The van der Waals surface area contributed by atoms with Gasteiger partial charge in [-0.05, 0) is 151 Å². The maximum atomic E-state index is 13.5. The van der Waals surface area contributed by atoms with Crippen LogP contribution < -0.4 is 54.6 Å². The number of aromatic hydroxyl groups is 1. The number of hydrogen-bond acceptors (Lipinski definition) is 8. The smallest absolute Gasteiger partial charge is 1.00 e. The number of benzene rings is 8. The number of halogens is 14. The van der Waals surface area contributed by atoms with Gasteiger partial charge in [-0.15, -0.1) is 0 Å². The first-order valence-electron chi connectivity index (χ1n) is 24.8. The Bertz CT molecular complexity index is 4050. The van der Waals surface area contributed by atoms with Gasteiger partial charge in [-0.2, -0.15) is 52.7 Å². The van der Waals surface area contributed by atoms with Gasteiger partial charge in [0.25, 0.3) is 0 Å². The van der Waals surface area contributed by atoms with Gasteiger partial charge >= 0.3 is 54.3 Å². The number of methoxy groups -OCH3 is 2. The molecule has 0 bridgehead atoms. The van der Waals surface area contributed by atoms with E-state index in [4.69, 9.17) is 24.4 Å². The molecular formula is C61H45BrF13NaO8. The topological polar surface area (TPSA) is 108 Å². The Morgan fingerprint density at radius 3 is 1.33 bits per heavy atom. The number of phenolic OH excluding ortho intramolecular Hbond substituents is 1. The summed E-state index contributed by atoms with van der Waals surface area (Å²) in [7, 11) is 2.19. The molecule has 0 atom stereocenters. The molecule has 2 aliphatic carbocycles. The maximum absolute atomic E-state index is 13.5. The van der Waals surface area contributed by atoms with E-state index in [9.17, 15) is 71.8 Å². The average Bonchev–Trinajstić information content (AvgIpc) is 0.867. The molecule has 8 nitrogen and oxygen atoms in total. The van der Waals surface area contributed by atoms with Crippen molar-refractivity contribution in [2.75, 3.05) is 21.4 Å². The fourth-order valence-electron chi connectivity index (χ4n) is 8.95. The zero-order chi connectivity index (χ0) is 61.6. The molecule has 0 amide bonds. The minimum Gasteiger partial charge on any atom is -1.00 e. The Kier molecular flexibility index (Phi) is 20.3. The maximum Gasteiger partial charge on any atom is 1.00 e. The number of fused-ring (bicyclic) bond motifs is 4. The second-order valence-corrected chi connectivity index (χ2v) is 18.7. The third-order valence-electron chi connectivity index (χ3n) is 12.8. The summed E-state index contributed by atoms with van der Waals surface area (Å²) in [6.07, 6.45) is -19.0. The van der Waals surface area contributed by atoms with Crippen LogP contribution >= 0.6 is 15.9 Å². The molecule has 0 spiro atoms. The van der Waals surface area contributed by atoms with Crippen molar-refractivity contribution in [2.24, 2.45) is 0 Å². The molecule has 0 aromatic heterocycles. The molecule has 0 saturated carbocycles. The summed E-state index contributed by atoms with van der Waals surface area (Å²) in [5, 5.41) is 11.0. The first kappa shape index (κ1) is 64.0. The van der Waals surface area contributed by atoms with E-state index in [2.05, 4.69) is 15.9 Å². The fraction of sp³-hybridized carbons (Fsp3) is 0.180. The van der Waals surface area contributed by atoms with E-state index in [1.807, 2.05) is 50.2 Å². The number of aryl methyl sites for hydroxylation is 2. The Labute approximate surface area is 503 Å². The molecule has 23 heteroatoms. The number of rotatable bonds is 8. The third kappa shape index (κ3) is 15.0. The van der Waals surface area contributed by atoms with E-state index in [0.29, 0.717) is 64.4 Å². The fourth-order valence-corrected chi connectivity index (χ4v) is 9.42. The summed E-state index contributed by atoms with van der Waals surface area (Å²) < 4.78 is 197. The van der Waals surface area contributed by atoms with Crippen molar-refractivity contribution in [1.29, 1.82) is 0 Å². The molecule has 0 unspecified atom stereocenters. The van der Waals surface area contributed by atoms with Gasteiger partial charge in [-0.3, -0.25) is 14.0 Å². The summed E-state index contributed by atoms with van der Waals surface area (Å²) >= 11 is 2.73. The van der Waals surface area contributed by atoms with Gasteiger partial charge in [0.15, 0.2) is 10.9 Å². The molecule has 6 aromatic rings. The number of phenols is 1. The molecule has 10 rings (SSSR count). The first-order chi connectivity index (χ1) is 39.5. The van der Waals surface area contributed by atoms with E-state index < -0.39 is 71.8 Å². The Balaban J connectivity index is 0.000000250. The zero-order valence-electron chi connectivity index (χ0n) is 46.6. The van der Waals surface area contributed by atoms with E-state index in [1.165, 1.54) is 36.4 Å². The first-order valence-corrected chi connectivity index (χ1v) is 25.2. The van der Waals surface area contributed by atoms with Crippen LogP contribution in [0, 0.1) is 13.8 Å². The molecular weight excluding hydrogens is 1210 g/mol. The molecule has 2 heterocycles. The van der Waals surface area contributed by atoms with Gasteiger partial charge in [0.1, 0.15) is 52.3 Å². The van der Waals surface area contributed by atoms with Gasteiger partial charge in [0, 0.05) is 68.2 Å². The molecule has 1 N–H and O–H groups in total. The van der Waals surface area contributed by atoms with Crippen LogP contribution in [0.5, 0.6) is 23.0 Å². The van der Waals surface area contributed by atoms with Crippen LogP contribution in [0.25, 0.3) is 66.8 Å². The standard InChI is InChI=1S/C30H20F6O4.C21H16O4.C9H5BrF6.CH3F.Na.H/c1-16-11-20(38-2)5-8-22(16)28-23-7-4-19(37)13-26(23)40-27-14-21(6-9-24(27)28)39-15-17-12-18(29(31,32)33)3-10-25(17)30(34,35)36;1-12-9-15(24-2)5-8-16(12)21-17-6-3-13(22)10-19(17)25-20-11-14(23)4-7-18(20)21;10-4-5-3-6(8(11,12)13)1-2-7(5)9(14,15)16;1-2;;/h3-14H,15H2,1-2H3;3-11,22H,1-2H3;1-3H,4H2;1H3;;/q;;;;+1;-1/i;;;1D;;. The number of hydrogen-bond donors (Lipinski definition) is 1. The van der Waals surface area contributed by atoms with Crippen LogP contribution in [-0.4, -0.2) is 26.5 Å². The van der Waals surface area contributed by atoms with Crippen molar-refractivity contribution in [3.8, 4) is 67.9 Å². The summed E-state index contributed by atoms with van der Waals surface area (Å²) in [4.78, 5) is 23.8. The van der Waals surface area contributed by atoms with E-state index in [1.54, 1.807) is 50.6 Å². The van der Waals surface area contributed by atoms with Gasteiger partial charge in [0.2, 0.25) is 0 Å². The van der Waals surface area contributed by atoms with Crippen LogP contribution in [0.1, 0.15) is 47.3 Å². The normalized spacial score (nSPS) is 11.8. The molecule has 6 aromatic carbocycles. The van der Waals surface area contributed by atoms with Crippen LogP contribution in [0.15, 0.2) is 164 Å². The van der Waals surface area contributed by atoms with Gasteiger partial charge in [-0.1, -0.05) is 28.1 Å². The van der Waals surface area contributed by atoms with Crippen molar-refractivity contribution in [2.45, 2.75) is 50.5 Å². The Morgan fingerprint density at radius 2 is 0.917 bits per heavy atom. The van der Waals surface area contributed by atoms with Gasteiger partial charge < -0.3 is 29.6 Å². The Hall–Kier alpha value is -7.53. The second kappa shape index (κ2) is 26.6. The number of ether oxygens (including phenoxy) is 3. The number of alkyl halides is 14. The van der Waals surface area contributed by atoms with Crippen LogP contribution in [0.4, 0.5) is 57.1 Å². The molecule has 436 valence electrons. The molecule has 84 heavy (non-hydrogen) atoms. The van der Waals surface area contributed by atoms with E-state index >= 15 is 0 Å². The van der Waals surface area contributed by atoms with Gasteiger partial charge in [0.05, 0.1) is 45.0 Å². The Morgan fingerprint density at radius 1 is 0.512 bits per heavy atom. The SMILES string of the molecule is COc1ccc(-c2c3ccc(=O)cc-3oc3cc(O)ccc23)c(C)c1.COc1ccc(-c2c3ccc(=O)cc-3oc3cc(OCc4cc(C(F)(F)F)ccc4C(F)(F)F)ccc23)c(C)c1.FC(F)(F)c1ccc(C(F)(F)F)c(CBr)c1.[2H]CF.[H-].[Na+]. The monoisotopic (exact) mass is 1260 g/mol. The minimum absolute atomic E-state index is 0. The average molecular weight is 1260 g/mol. The minimum atomic E-state index is -4.87. The van der Waals surface area contributed by atoms with Crippen molar-refractivity contribution < 1.29 is 118 Å². The molecule has 2 aliphatic heterocycles. The van der Waals surface area contributed by atoms with E-state index in [-0.39, 0.29) is 70.0 Å². The summed E-state index contributed by atoms with van der Waals surface area (Å²) in [5.74, 6) is 2.40. The summed E-state index contributed by atoms with van der Waals surface area (Å²) in [6, 6.07) is 32.7. The van der Waals surface area contributed by atoms with Crippen LogP contribution in [-0.2, 0) is 36.6 Å². The van der Waals surface area contributed by atoms with Crippen molar-refractivity contribution in [3.05, 3.63) is 211 Å². The zero-order valence-corrected chi connectivity index (χ0v) is 48.2. The molecule has 0 radical (unpaired) electrons. The third-order valence-corrected chi connectivity index (χ3v) is 13.4. The van der Waals surface area contributed by atoms with Gasteiger partial charge in [-0.25, -0.2) is 0 Å². The predicted octanol–water partition coefficient (Wildman–Crippen LogP) is 15.4. The largest absolute Gasteiger partial charge is 1.00 e. The molecule has 4 aliphatic rings. The summed E-state index contributed by atoms with van der Waals surface area (Å²) in [6.45, 7) is 3.14. The van der Waals surface area contributed by atoms with Crippen molar-refractivity contribution in [1.82, 2.24) is 0 Å². The molecule has 0 saturated heterocycles. The van der Waals surface area contributed by atoms with E-state index in [0.717, 1.165) is 50.1 Å². The predicted molar refractivity (Wildman–Crippen MR) is 291 cm³/mol. The van der Waals surface area contributed by atoms with Crippen molar-refractivity contribution in [3.63, 3.8) is 0 Å². The molecule has 0 fully saturated rings. The van der Waals surface area contributed by atoms with Crippen LogP contribution in [0.3, 0.4) is 0 Å². The van der Waals surface area contributed by atoms with Crippen LogP contribution in [0.2, 0.25) is 0 Å². The second-order valence-electron chi connectivity index (χ2n) is 18.1. The van der Waals surface area contributed by atoms with Crippen molar-refractivity contribution >= 4 is 37.9 Å². The quantitative estimate of drug-likeness (QED) is 0.0694. The summed E-state index contributed by atoms with van der Waals surface area (Å²) in [5.41, 5.74) is 1.73.